The van der Waals surface area contributed by atoms with Crippen molar-refractivity contribution in [3.05, 3.63) is 46.9 Å². The molecular formula is C16H17NO4. The van der Waals surface area contributed by atoms with Crippen LogP contribution in [0.15, 0.2) is 28.7 Å². The van der Waals surface area contributed by atoms with Gasteiger partial charge in [0.15, 0.2) is 11.5 Å². The summed E-state index contributed by atoms with van der Waals surface area (Å²) in [5.74, 6) is 2.66. The minimum Gasteiger partial charge on any atom is -0.466 e. The summed E-state index contributed by atoms with van der Waals surface area (Å²) in [6, 6.07) is 7.28. The van der Waals surface area contributed by atoms with E-state index in [1.54, 1.807) is 13.0 Å². The van der Waals surface area contributed by atoms with Crippen molar-refractivity contribution in [2.24, 2.45) is 0 Å². The summed E-state index contributed by atoms with van der Waals surface area (Å²) in [4.78, 5) is 12.3. The van der Waals surface area contributed by atoms with Gasteiger partial charge in [0.05, 0.1) is 11.6 Å². The predicted molar refractivity (Wildman–Crippen MR) is 76.6 cm³/mol. The number of amides is 1. The number of hydrogen-bond acceptors (Lipinski definition) is 4. The number of nitrogens with one attached hydrogen (secondary N) is 1. The number of aryl methyl sites for hydroxylation is 2. The number of ether oxygens (including phenoxy) is 2. The zero-order valence-electron chi connectivity index (χ0n) is 12.2. The van der Waals surface area contributed by atoms with E-state index in [1.165, 1.54) is 0 Å². The van der Waals surface area contributed by atoms with E-state index < -0.39 is 0 Å². The zero-order chi connectivity index (χ0) is 15.0. The van der Waals surface area contributed by atoms with Crippen LogP contribution >= 0.6 is 0 Å². The molecule has 0 saturated heterocycles. The van der Waals surface area contributed by atoms with Gasteiger partial charge in [0.1, 0.15) is 11.5 Å². The van der Waals surface area contributed by atoms with Gasteiger partial charge in [-0.2, -0.15) is 0 Å². The van der Waals surface area contributed by atoms with Gasteiger partial charge in [-0.05, 0) is 44.5 Å². The first-order chi connectivity index (χ1) is 10.0. The topological polar surface area (TPSA) is 60.7 Å². The second-order valence-corrected chi connectivity index (χ2v) is 5.13. The molecule has 1 aliphatic heterocycles. The highest BCUT2D eigenvalue weighted by Crippen LogP contribution is 2.34. The molecule has 1 N–H and O–H groups in total. The van der Waals surface area contributed by atoms with Gasteiger partial charge in [0.25, 0.3) is 5.91 Å². The standard InChI is InChI=1S/C16H17NO4/c1-9-6-13(11(3)21-9)16(18)17-10(2)12-4-5-14-15(7-12)20-8-19-14/h4-7,10H,8H2,1-3H3,(H,17,18)/t10-/m0/s1. The first-order valence-electron chi connectivity index (χ1n) is 6.82. The van der Waals surface area contributed by atoms with Crippen LogP contribution in [0.4, 0.5) is 0 Å². The Morgan fingerprint density at radius 2 is 1.95 bits per heavy atom. The number of benzene rings is 1. The molecule has 0 bridgehead atoms. The number of fused-ring (bicyclic) bond motifs is 1. The Balaban J connectivity index is 1.75. The molecule has 1 atom stereocenters. The van der Waals surface area contributed by atoms with Gasteiger partial charge < -0.3 is 19.2 Å². The monoisotopic (exact) mass is 287 g/mol. The molecule has 0 fully saturated rings. The average molecular weight is 287 g/mol. The molecule has 5 nitrogen and oxygen atoms in total. The fourth-order valence-electron chi connectivity index (χ4n) is 2.40. The highest BCUT2D eigenvalue weighted by molar-refractivity contribution is 5.95. The second-order valence-electron chi connectivity index (χ2n) is 5.13. The fraction of sp³-hybridized carbons (Fsp3) is 0.312. The van der Waals surface area contributed by atoms with Gasteiger partial charge in [-0.15, -0.1) is 0 Å². The SMILES string of the molecule is Cc1cc(C(=O)N[C@@H](C)c2ccc3c(c2)OCO3)c(C)o1. The van der Waals surface area contributed by atoms with Gasteiger partial charge in [0.2, 0.25) is 6.79 Å². The molecule has 1 amide bonds. The first-order valence-corrected chi connectivity index (χ1v) is 6.82. The highest BCUT2D eigenvalue weighted by Gasteiger charge is 2.19. The van der Waals surface area contributed by atoms with Crippen LogP contribution in [0.3, 0.4) is 0 Å². The molecule has 5 heteroatoms. The minimum atomic E-state index is -0.144. The Morgan fingerprint density at radius 3 is 2.67 bits per heavy atom. The molecule has 0 spiro atoms. The molecule has 110 valence electrons. The van der Waals surface area contributed by atoms with Crippen molar-refractivity contribution in [3.63, 3.8) is 0 Å². The van der Waals surface area contributed by atoms with E-state index in [9.17, 15) is 4.79 Å². The Morgan fingerprint density at radius 1 is 1.19 bits per heavy atom. The lowest BCUT2D eigenvalue weighted by molar-refractivity contribution is 0.0938. The maximum Gasteiger partial charge on any atom is 0.255 e. The summed E-state index contributed by atoms with van der Waals surface area (Å²) < 4.78 is 16.0. The Labute approximate surface area is 122 Å². The lowest BCUT2D eigenvalue weighted by atomic mass is 10.1. The Hall–Kier alpha value is -2.43. The molecule has 0 saturated carbocycles. The van der Waals surface area contributed by atoms with E-state index in [-0.39, 0.29) is 18.7 Å². The quantitative estimate of drug-likeness (QED) is 0.942. The maximum atomic E-state index is 12.3. The lowest BCUT2D eigenvalue weighted by Crippen LogP contribution is -2.26. The van der Waals surface area contributed by atoms with E-state index in [4.69, 9.17) is 13.9 Å². The smallest absolute Gasteiger partial charge is 0.255 e. The van der Waals surface area contributed by atoms with Gasteiger partial charge in [-0.1, -0.05) is 6.07 Å². The van der Waals surface area contributed by atoms with Crippen LogP contribution < -0.4 is 14.8 Å². The molecule has 21 heavy (non-hydrogen) atoms. The number of hydrogen-bond donors (Lipinski definition) is 1. The second kappa shape index (κ2) is 5.16. The molecule has 2 heterocycles. The van der Waals surface area contributed by atoms with Crippen molar-refractivity contribution in [2.75, 3.05) is 6.79 Å². The summed E-state index contributed by atoms with van der Waals surface area (Å²) in [6.45, 7) is 5.78. The van der Waals surface area contributed by atoms with Gasteiger partial charge in [0, 0.05) is 0 Å². The van der Waals surface area contributed by atoms with E-state index in [2.05, 4.69) is 5.32 Å². The molecular weight excluding hydrogens is 270 g/mol. The van der Waals surface area contributed by atoms with Crippen molar-refractivity contribution in [1.29, 1.82) is 0 Å². The van der Waals surface area contributed by atoms with Crippen molar-refractivity contribution in [2.45, 2.75) is 26.8 Å². The Bertz CT molecular complexity index is 690. The van der Waals surface area contributed by atoms with Crippen LogP contribution in [0.2, 0.25) is 0 Å². The predicted octanol–water partition coefficient (Wildman–Crippen LogP) is 3.12. The van der Waals surface area contributed by atoms with Crippen molar-refractivity contribution >= 4 is 5.91 Å². The first kappa shape index (κ1) is 13.5. The van der Waals surface area contributed by atoms with Crippen molar-refractivity contribution in [1.82, 2.24) is 5.32 Å². The summed E-state index contributed by atoms with van der Waals surface area (Å²) >= 11 is 0. The summed E-state index contributed by atoms with van der Waals surface area (Å²) in [5, 5.41) is 2.96. The summed E-state index contributed by atoms with van der Waals surface area (Å²) in [5.41, 5.74) is 1.53. The number of carbonyl (C=O) groups excluding carboxylic acids is 1. The molecule has 1 aromatic heterocycles. The van der Waals surface area contributed by atoms with E-state index in [1.807, 2.05) is 32.0 Å². The minimum absolute atomic E-state index is 0.137. The molecule has 0 unspecified atom stereocenters. The molecule has 0 aliphatic carbocycles. The van der Waals surface area contributed by atoms with Gasteiger partial charge >= 0.3 is 0 Å². The lowest BCUT2D eigenvalue weighted by Gasteiger charge is -2.14. The third kappa shape index (κ3) is 2.59. The van der Waals surface area contributed by atoms with E-state index >= 15 is 0 Å². The van der Waals surface area contributed by atoms with E-state index in [0.717, 1.165) is 17.1 Å². The normalized spacial score (nSPS) is 14.0. The van der Waals surface area contributed by atoms with Crippen LogP contribution in [0.5, 0.6) is 11.5 Å². The van der Waals surface area contributed by atoms with E-state index in [0.29, 0.717) is 17.1 Å². The van der Waals surface area contributed by atoms with Crippen LogP contribution in [-0.4, -0.2) is 12.7 Å². The molecule has 1 aliphatic rings. The summed E-state index contributed by atoms with van der Waals surface area (Å²) in [6.07, 6.45) is 0. The van der Waals surface area contributed by atoms with Crippen LogP contribution in [0.1, 0.15) is 40.4 Å². The summed E-state index contributed by atoms with van der Waals surface area (Å²) in [7, 11) is 0. The third-order valence-corrected chi connectivity index (χ3v) is 3.53. The van der Waals surface area contributed by atoms with Crippen LogP contribution in [0.25, 0.3) is 0 Å². The highest BCUT2D eigenvalue weighted by atomic mass is 16.7. The molecule has 3 rings (SSSR count). The van der Waals surface area contributed by atoms with Crippen molar-refractivity contribution < 1.29 is 18.7 Å². The molecule has 2 aromatic rings. The van der Waals surface area contributed by atoms with Crippen LogP contribution in [0, 0.1) is 13.8 Å². The molecule has 0 radical (unpaired) electrons. The maximum absolute atomic E-state index is 12.3. The third-order valence-electron chi connectivity index (χ3n) is 3.53. The van der Waals surface area contributed by atoms with Gasteiger partial charge in [-0.25, -0.2) is 0 Å². The number of carbonyl (C=O) groups is 1. The zero-order valence-corrected chi connectivity index (χ0v) is 12.2. The number of furan rings is 1. The largest absolute Gasteiger partial charge is 0.466 e. The number of rotatable bonds is 3. The molecule has 1 aromatic carbocycles. The van der Waals surface area contributed by atoms with Crippen molar-refractivity contribution in [3.8, 4) is 11.5 Å². The van der Waals surface area contributed by atoms with Gasteiger partial charge in [-0.3, -0.25) is 4.79 Å². The fourth-order valence-corrected chi connectivity index (χ4v) is 2.40. The average Bonchev–Trinajstić information content (AvgIpc) is 3.03. The van der Waals surface area contributed by atoms with Crippen LogP contribution in [-0.2, 0) is 0 Å². The Kier molecular flexibility index (Phi) is 3.33.